The molecule has 0 aliphatic rings. The van der Waals surface area contributed by atoms with Gasteiger partial charge in [0, 0.05) is 22.3 Å². The SMILES string of the molecule is Cc1cccc(CS(=O)CCCNCC(C)C)c1. The van der Waals surface area contributed by atoms with Gasteiger partial charge in [0.2, 0.25) is 0 Å². The summed E-state index contributed by atoms with van der Waals surface area (Å²) in [6.07, 6.45) is 0.991. The summed E-state index contributed by atoms with van der Waals surface area (Å²) in [5.41, 5.74) is 2.42. The molecule has 0 saturated carbocycles. The highest BCUT2D eigenvalue weighted by atomic mass is 32.2. The van der Waals surface area contributed by atoms with Crippen LogP contribution in [0.15, 0.2) is 24.3 Å². The van der Waals surface area contributed by atoms with E-state index in [4.69, 9.17) is 0 Å². The smallest absolute Gasteiger partial charge is 0.0485 e. The van der Waals surface area contributed by atoms with Crippen molar-refractivity contribution in [2.45, 2.75) is 32.9 Å². The minimum Gasteiger partial charge on any atom is -0.316 e. The van der Waals surface area contributed by atoms with Crippen LogP contribution in [-0.4, -0.2) is 23.1 Å². The van der Waals surface area contributed by atoms with E-state index in [0.29, 0.717) is 11.7 Å². The first-order valence-electron chi connectivity index (χ1n) is 6.69. The van der Waals surface area contributed by atoms with Crippen molar-refractivity contribution in [1.82, 2.24) is 5.32 Å². The second kappa shape index (κ2) is 8.44. The van der Waals surface area contributed by atoms with Crippen LogP contribution >= 0.6 is 0 Å². The molecule has 0 spiro atoms. The van der Waals surface area contributed by atoms with Crippen LogP contribution in [0, 0.1) is 12.8 Å². The summed E-state index contributed by atoms with van der Waals surface area (Å²) >= 11 is 0. The summed E-state index contributed by atoms with van der Waals surface area (Å²) in [7, 11) is -0.733. The largest absolute Gasteiger partial charge is 0.316 e. The third kappa shape index (κ3) is 6.92. The van der Waals surface area contributed by atoms with Gasteiger partial charge in [-0.15, -0.1) is 0 Å². The van der Waals surface area contributed by atoms with Gasteiger partial charge in [0.05, 0.1) is 0 Å². The Morgan fingerprint density at radius 2 is 2.11 bits per heavy atom. The standard InChI is InChI=1S/C15H25NOS/c1-13(2)11-16-8-5-9-18(17)12-15-7-4-6-14(3)10-15/h4,6-7,10,13,16H,5,8-9,11-12H2,1-3H3. The average Bonchev–Trinajstić information content (AvgIpc) is 2.28. The zero-order valence-electron chi connectivity index (χ0n) is 11.7. The molecule has 0 radical (unpaired) electrons. The van der Waals surface area contributed by atoms with E-state index in [2.05, 4.69) is 44.3 Å². The Hall–Kier alpha value is -0.670. The quantitative estimate of drug-likeness (QED) is 0.734. The van der Waals surface area contributed by atoms with Crippen LogP contribution in [0.5, 0.6) is 0 Å². The van der Waals surface area contributed by atoms with Gasteiger partial charge in [0.15, 0.2) is 0 Å². The van der Waals surface area contributed by atoms with Crippen molar-refractivity contribution >= 4 is 10.8 Å². The molecule has 1 unspecified atom stereocenters. The predicted molar refractivity (Wildman–Crippen MR) is 80.2 cm³/mol. The monoisotopic (exact) mass is 267 g/mol. The topological polar surface area (TPSA) is 29.1 Å². The summed E-state index contributed by atoms with van der Waals surface area (Å²) in [6.45, 7) is 8.48. The average molecular weight is 267 g/mol. The van der Waals surface area contributed by atoms with Crippen LogP contribution in [0.4, 0.5) is 0 Å². The highest BCUT2D eigenvalue weighted by Gasteiger charge is 2.02. The highest BCUT2D eigenvalue weighted by molar-refractivity contribution is 7.84. The molecular formula is C15H25NOS. The van der Waals surface area contributed by atoms with E-state index in [9.17, 15) is 4.21 Å². The van der Waals surface area contributed by atoms with Crippen LogP contribution in [-0.2, 0) is 16.6 Å². The van der Waals surface area contributed by atoms with Gasteiger partial charge >= 0.3 is 0 Å². The molecule has 0 fully saturated rings. The summed E-state index contributed by atoms with van der Waals surface area (Å²) in [5.74, 6) is 2.16. The Labute approximate surface area is 114 Å². The fourth-order valence-electron chi connectivity index (χ4n) is 1.81. The molecule has 0 amide bonds. The Morgan fingerprint density at radius 1 is 1.33 bits per heavy atom. The van der Waals surface area contributed by atoms with E-state index in [0.717, 1.165) is 25.3 Å². The third-order valence-corrected chi connectivity index (χ3v) is 4.09. The molecule has 0 aliphatic carbocycles. The van der Waals surface area contributed by atoms with Crippen molar-refractivity contribution in [1.29, 1.82) is 0 Å². The molecule has 0 saturated heterocycles. The number of benzene rings is 1. The second-order valence-corrected chi connectivity index (χ2v) is 6.81. The van der Waals surface area contributed by atoms with Gasteiger partial charge in [0.25, 0.3) is 0 Å². The number of rotatable bonds is 8. The number of nitrogens with one attached hydrogen (secondary N) is 1. The Morgan fingerprint density at radius 3 is 2.78 bits per heavy atom. The van der Waals surface area contributed by atoms with Crippen LogP contribution in [0.2, 0.25) is 0 Å². The molecule has 0 aliphatic heterocycles. The minimum atomic E-state index is -0.733. The fraction of sp³-hybridized carbons (Fsp3) is 0.600. The summed E-state index contributed by atoms with van der Waals surface area (Å²) in [4.78, 5) is 0. The minimum absolute atomic E-state index is 0.683. The molecule has 1 rings (SSSR count). The number of hydrogen-bond acceptors (Lipinski definition) is 2. The summed E-state index contributed by atoms with van der Waals surface area (Å²) in [5, 5.41) is 3.38. The van der Waals surface area contributed by atoms with Crippen LogP contribution in [0.1, 0.15) is 31.4 Å². The van der Waals surface area contributed by atoms with E-state index in [-0.39, 0.29) is 0 Å². The predicted octanol–water partition coefficient (Wildman–Crippen LogP) is 2.88. The van der Waals surface area contributed by atoms with Crippen molar-refractivity contribution in [3.05, 3.63) is 35.4 Å². The van der Waals surface area contributed by atoms with Crippen LogP contribution < -0.4 is 5.32 Å². The molecule has 1 aromatic carbocycles. The normalized spacial score (nSPS) is 12.9. The Bertz CT molecular complexity index is 377. The second-order valence-electron chi connectivity index (χ2n) is 5.23. The lowest BCUT2D eigenvalue weighted by atomic mass is 10.2. The first kappa shape index (κ1) is 15.4. The first-order chi connectivity index (χ1) is 8.58. The van der Waals surface area contributed by atoms with E-state index < -0.39 is 10.8 Å². The van der Waals surface area contributed by atoms with Gasteiger partial charge in [-0.2, -0.15) is 0 Å². The lowest BCUT2D eigenvalue weighted by Crippen LogP contribution is -2.22. The van der Waals surface area contributed by atoms with Crippen molar-refractivity contribution in [2.24, 2.45) is 5.92 Å². The highest BCUT2D eigenvalue weighted by Crippen LogP contribution is 2.07. The van der Waals surface area contributed by atoms with Crippen molar-refractivity contribution in [3.8, 4) is 0 Å². The van der Waals surface area contributed by atoms with Gasteiger partial charge in [-0.25, -0.2) is 0 Å². The molecule has 2 nitrogen and oxygen atoms in total. The zero-order chi connectivity index (χ0) is 13.4. The lowest BCUT2D eigenvalue weighted by Gasteiger charge is -2.07. The zero-order valence-corrected chi connectivity index (χ0v) is 12.6. The number of aryl methyl sites for hydroxylation is 1. The van der Waals surface area contributed by atoms with Crippen molar-refractivity contribution < 1.29 is 4.21 Å². The molecule has 18 heavy (non-hydrogen) atoms. The fourth-order valence-corrected chi connectivity index (χ4v) is 2.97. The molecule has 1 N–H and O–H groups in total. The molecule has 0 heterocycles. The lowest BCUT2D eigenvalue weighted by molar-refractivity contribution is 0.550. The Balaban J connectivity index is 2.18. The van der Waals surface area contributed by atoms with Crippen molar-refractivity contribution in [2.75, 3.05) is 18.8 Å². The van der Waals surface area contributed by atoms with E-state index in [1.54, 1.807) is 0 Å². The van der Waals surface area contributed by atoms with Gasteiger partial charge < -0.3 is 5.32 Å². The van der Waals surface area contributed by atoms with Crippen LogP contribution in [0.25, 0.3) is 0 Å². The van der Waals surface area contributed by atoms with E-state index >= 15 is 0 Å². The van der Waals surface area contributed by atoms with Crippen LogP contribution in [0.3, 0.4) is 0 Å². The van der Waals surface area contributed by atoms with Crippen molar-refractivity contribution in [3.63, 3.8) is 0 Å². The molecule has 0 aromatic heterocycles. The maximum atomic E-state index is 11.9. The summed E-state index contributed by atoms with van der Waals surface area (Å²) < 4.78 is 11.9. The van der Waals surface area contributed by atoms with E-state index in [1.807, 2.05) is 6.07 Å². The molecule has 0 bridgehead atoms. The van der Waals surface area contributed by atoms with E-state index in [1.165, 1.54) is 11.1 Å². The molecule has 3 heteroatoms. The van der Waals surface area contributed by atoms with Gasteiger partial charge in [-0.1, -0.05) is 43.7 Å². The Kier molecular flexibility index (Phi) is 7.21. The third-order valence-electron chi connectivity index (χ3n) is 2.69. The van der Waals surface area contributed by atoms with Gasteiger partial charge in [0.1, 0.15) is 0 Å². The number of hydrogen-bond donors (Lipinski definition) is 1. The molecular weight excluding hydrogens is 242 g/mol. The molecule has 102 valence electrons. The first-order valence-corrected chi connectivity index (χ1v) is 8.18. The van der Waals surface area contributed by atoms with Gasteiger partial charge in [-0.3, -0.25) is 4.21 Å². The molecule has 1 atom stereocenters. The maximum absolute atomic E-state index is 11.9. The molecule has 1 aromatic rings. The van der Waals surface area contributed by atoms with Gasteiger partial charge in [-0.05, 0) is 37.9 Å². The maximum Gasteiger partial charge on any atom is 0.0485 e. The summed E-state index contributed by atoms with van der Waals surface area (Å²) in [6, 6.07) is 8.28.